The second-order valence-electron chi connectivity index (χ2n) is 9.71. The highest BCUT2D eigenvalue weighted by Crippen LogP contribution is 2.34. The highest BCUT2D eigenvalue weighted by molar-refractivity contribution is 7.80. The van der Waals surface area contributed by atoms with Crippen LogP contribution in [0.2, 0.25) is 0 Å². The quantitative estimate of drug-likeness (QED) is 0.109. The summed E-state index contributed by atoms with van der Waals surface area (Å²) in [4.78, 5) is 72.2. The van der Waals surface area contributed by atoms with E-state index in [1.165, 1.54) is 0 Å². The van der Waals surface area contributed by atoms with Crippen molar-refractivity contribution < 1.29 is 88.9 Å². The standard InChI is InChI=1S/C24H35NO19S/c1-9(27)25-17-20(38-11(3)29)18(15(7-26)42-23(17)41-14(6)32)44-24-22(40-13(5)31)21(39-12(4)30)19(37-10(2)28)16(43-24)8-36-45(33,34)35/h15-24,26H,7-8H2,1-6H3,(H,25,27)(H,33,34,35)/t15-,16?,17?,18-,19+,20?,21+,22?,23?,24+/m1/s1. The maximum Gasteiger partial charge on any atom is 0.397 e. The van der Waals surface area contributed by atoms with Gasteiger partial charge in [-0.2, -0.15) is 8.42 Å². The van der Waals surface area contributed by atoms with Gasteiger partial charge in [0.25, 0.3) is 0 Å². The number of hydrogen-bond donors (Lipinski definition) is 3. The van der Waals surface area contributed by atoms with Gasteiger partial charge in [-0.1, -0.05) is 0 Å². The average Bonchev–Trinajstić information content (AvgIpc) is 2.87. The van der Waals surface area contributed by atoms with Crippen LogP contribution in [0.5, 0.6) is 0 Å². The summed E-state index contributed by atoms with van der Waals surface area (Å²) in [6.07, 6.45) is -15.4. The fourth-order valence-electron chi connectivity index (χ4n) is 4.61. The van der Waals surface area contributed by atoms with Crippen molar-refractivity contribution in [3.8, 4) is 0 Å². The highest BCUT2D eigenvalue weighted by Gasteiger charge is 2.57. The van der Waals surface area contributed by atoms with Crippen molar-refractivity contribution in [1.29, 1.82) is 0 Å². The summed E-state index contributed by atoms with van der Waals surface area (Å²) in [5.74, 6) is -5.48. The van der Waals surface area contributed by atoms with Crippen LogP contribution in [0.4, 0.5) is 0 Å². The molecule has 0 aromatic heterocycles. The molecule has 2 aliphatic heterocycles. The molecule has 2 fully saturated rings. The molecule has 0 spiro atoms. The van der Waals surface area contributed by atoms with E-state index >= 15 is 0 Å². The lowest BCUT2D eigenvalue weighted by molar-refractivity contribution is -0.347. The molecule has 5 unspecified atom stereocenters. The molecule has 3 N–H and O–H groups in total. The van der Waals surface area contributed by atoms with Crippen molar-refractivity contribution in [1.82, 2.24) is 5.32 Å². The molecule has 45 heavy (non-hydrogen) atoms. The predicted molar refractivity (Wildman–Crippen MR) is 138 cm³/mol. The van der Waals surface area contributed by atoms with Gasteiger partial charge in [0.05, 0.1) is 13.2 Å². The molecule has 1 amide bonds. The SMILES string of the molecule is CC(=O)NC1C(OC(C)=O)O[C@H](CO)[C@@H](O[C@@H]2OC(COS(=O)(=O)O)[C@H](OC(C)=O)[C@H](OC(C)=O)C2OC(C)=O)C1OC(C)=O. The maximum absolute atomic E-state index is 12.2. The summed E-state index contributed by atoms with van der Waals surface area (Å²) in [5.41, 5.74) is 0. The number of carbonyl (C=O) groups excluding carboxylic acids is 6. The second kappa shape index (κ2) is 16.2. The smallest absolute Gasteiger partial charge is 0.397 e. The van der Waals surface area contributed by atoms with Gasteiger partial charge in [0.15, 0.2) is 30.7 Å². The zero-order chi connectivity index (χ0) is 34.2. The molecule has 0 saturated carbocycles. The van der Waals surface area contributed by atoms with E-state index in [9.17, 15) is 42.3 Å². The summed E-state index contributed by atoms with van der Waals surface area (Å²) in [6, 6.07) is -1.46. The molecule has 21 heteroatoms. The topological polar surface area (TPSA) is 272 Å². The third kappa shape index (κ3) is 11.4. The Morgan fingerprint density at radius 2 is 1.11 bits per heavy atom. The number of hydrogen-bond acceptors (Lipinski definition) is 18. The predicted octanol–water partition coefficient (Wildman–Crippen LogP) is -2.57. The Hall–Kier alpha value is -3.47. The van der Waals surface area contributed by atoms with Crippen molar-refractivity contribution in [3.63, 3.8) is 0 Å². The van der Waals surface area contributed by atoms with Crippen molar-refractivity contribution >= 4 is 46.2 Å². The van der Waals surface area contributed by atoms with Gasteiger partial charge in [-0.25, -0.2) is 4.18 Å². The van der Waals surface area contributed by atoms with Crippen molar-refractivity contribution in [3.05, 3.63) is 0 Å². The van der Waals surface area contributed by atoms with Gasteiger partial charge in [-0.15, -0.1) is 0 Å². The van der Waals surface area contributed by atoms with Crippen LogP contribution in [0.25, 0.3) is 0 Å². The molecule has 2 heterocycles. The van der Waals surface area contributed by atoms with Crippen LogP contribution in [0.3, 0.4) is 0 Å². The number of esters is 5. The van der Waals surface area contributed by atoms with E-state index < -0.39 is 121 Å². The molecule has 2 aliphatic rings. The first kappa shape index (κ1) is 37.7. The summed E-state index contributed by atoms with van der Waals surface area (Å²) >= 11 is 0. The first-order chi connectivity index (χ1) is 20.8. The van der Waals surface area contributed by atoms with Crippen LogP contribution in [-0.2, 0) is 81.2 Å². The van der Waals surface area contributed by atoms with Crippen LogP contribution in [-0.4, -0.2) is 128 Å². The molecular weight excluding hydrogens is 638 g/mol. The molecule has 0 aromatic carbocycles. The molecule has 10 atom stereocenters. The summed E-state index contributed by atoms with van der Waals surface area (Å²) in [6.45, 7) is 4.00. The molecule has 256 valence electrons. The summed E-state index contributed by atoms with van der Waals surface area (Å²) in [5, 5.41) is 12.6. The minimum atomic E-state index is -5.11. The Morgan fingerprint density at radius 3 is 1.58 bits per heavy atom. The third-order valence-corrected chi connectivity index (χ3v) is 6.38. The Bertz CT molecular complexity index is 1220. The van der Waals surface area contributed by atoms with Crippen LogP contribution >= 0.6 is 0 Å². The van der Waals surface area contributed by atoms with Crippen LogP contribution in [0, 0.1) is 0 Å². The van der Waals surface area contributed by atoms with Crippen LogP contribution in [0.1, 0.15) is 41.5 Å². The van der Waals surface area contributed by atoms with E-state index in [1.54, 1.807) is 0 Å². The Balaban J connectivity index is 2.68. The first-order valence-corrected chi connectivity index (χ1v) is 14.5. The van der Waals surface area contributed by atoms with Crippen molar-refractivity contribution in [2.75, 3.05) is 13.2 Å². The van der Waals surface area contributed by atoms with E-state index in [2.05, 4.69) is 9.50 Å². The van der Waals surface area contributed by atoms with Gasteiger partial charge in [0.2, 0.25) is 12.2 Å². The second-order valence-corrected chi connectivity index (χ2v) is 10.8. The van der Waals surface area contributed by atoms with Gasteiger partial charge >= 0.3 is 40.2 Å². The lowest BCUT2D eigenvalue weighted by Gasteiger charge is -2.48. The van der Waals surface area contributed by atoms with E-state index in [4.69, 9.17) is 42.4 Å². The number of carbonyl (C=O) groups is 6. The summed E-state index contributed by atoms with van der Waals surface area (Å²) in [7, 11) is -5.11. The first-order valence-electron chi connectivity index (χ1n) is 13.1. The lowest BCUT2D eigenvalue weighted by Crippen LogP contribution is -2.69. The zero-order valence-corrected chi connectivity index (χ0v) is 25.7. The fraction of sp³-hybridized carbons (Fsp3) is 0.750. The van der Waals surface area contributed by atoms with Crippen molar-refractivity contribution in [2.24, 2.45) is 0 Å². The lowest BCUT2D eigenvalue weighted by atomic mass is 9.94. The van der Waals surface area contributed by atoms with E-state index in [1.807, 2.05) is 0 Å². The van der Waals surface area contributed by atoms with Crippen LogP contribution < -0.4 is 5.32 Å². The highest BCUT2D eigenvalue weighted by atomic mass is 32.3. The summed E-state index contributed by atoms with van der Waals surface area (Å²) < 4.78 is 79.9. The fourth-order valence-corrected chi connectivity index (χ4v) is 4.91. The zero-order valence-electron chi connectivity index (χ0n) is 24.9. The Kier molecular flexibility index (Phi) is 13.6. The van der Waals surface area contributed by atoms with Crippen LogP contribution in [0.15, 0.2) is 0 Å². The van der Waals surface area contributed by atoms with Gasteiger partial charge in [-0.3, -0.25) is 33.3 Å². The Morgan fingerprint density at radius 1 is 0.644 bits per heavy atom. The van der Waals surface area contributed by atoms with E-state index in [0.29, 0.717) is 0 Å². The number of rotatable bonds is 12. The van der Waals surface area contributed by atoms with E-state index in [0.717, 1.165) is 41.5 Å². The molecular formula is C24H35NO19S. The number of nitrogens with one attached hydrogen (secondary N) is 1. The van der Waals surface area contributed by atoms with Gasteiger partial charge in [-0.05, 0) is 0 Å². The molecule has 20 nitrogen and oxygen atoms in total. The molecule has 0 aliphatic carbocycles. The number of ether oxygens (including phenoxy) is 8. The van der Waals surface area contributed by atoms with Gasteiger partial charge in [0.1, 0.15) is 24.4 Å². The molecule has 0 bridgehead atoms. The monoisotopic (exact) mass is 673 g/mol. The molecule has 0 radical (unpaired) electrons. The maximum atomic E-state index is 12.2. The normalized spacial score (nSPS) is 31.6. The minimum absolute atomic E-state index is 0.702. The Labute approximate surface area is 256 Å². The van der Waals surface area contributed by atoms with Gasteiger partial charge in [0, 0.05) is 41.5 Å². The number of aliphatic hydroxyl groups is 1. The molecule has 2 saturated heterocycles. The van der Waals surface area contributed by atoms with E-state index in [-0.39, 0.29) is 0 Å². The minimum Gasteiger partial charge on any atom is -0.457 e. The third-order valence-electron chi connectivity index (χ3n) is 5.95. The van der Waals surface area contributed by atoms with Gasteiger partial charge < -0.3 is 48.3 Å². The van der Waals surface area contributed by atoms with Crippen molar-refractivity contribution in [2.45, 2.75) is 103 Å². The average molecular weight is 674 g/mol. The number of amides is 1. The molecule has 0 aromatic rings. The largest absolute Gasteiger partial charge is 0.457 e. The molecule has 2 rings (SSSR count). The number of aliphatic hydroxyl groups excluding tert-OH is 1.